The summed E-state index contributed by atoms with van der Waals surface area (Å²) < 4.78 is 67.9. The van der Waals surface area contributed by atoms with Gasteiger partial charge in [-0.05, 0) is 61.4 Å². The van der Waals surface area contributed by atoms with Gasteiger partial charge in [0.25, 0.3) is 0 Å². The van der Waals surface area contributed by atoms with Crippen molar-refractivity contribution in [2.75, 3.05) is 0 Å². The summed E-state index contributed by atoms with van der Waals surface area (Å²) in [5.41, 5.74) is 4.38. The maximum Gasteiger partial charge on any atom is 2.00 e. The topological polar surface area (TPSA) is 243 Å². The van der Waals surface area contributed by atoms with E-state index in [-0.39, 0.29) is 17.1 Å². The number of halogens is 2. The Kier molecular flexibility index (Phi) is 17.8. The van der Waals surface area contributed by atoms with Gasteiger partial charge in [-0.25, -0.2) is 37.3 Å². The molecule has 1 saturated carbocycles. The molecule has 1 fully saturated rings. The fraction of sp³-hybridized carbons (Fsp3) is 0.333. The molecule has 0 amide bonds. The molecule has 0 aliphatic heterocycles. The molecular weight excluding hydrogens is 698 g/mol. The monoisotopic (exact) mass is 731 g/mol. The Morgan fingerprint density at radius 3 is 0.894 bits per heavy atom. The molecule has 1 radical (unpaired) electrons. The van der Waals surface area contributed by atoms with Crippen LogP contribution in [-0.4, -0.2) is 41.8 Å². The number of hydrogen-bond acceptors (Lipinski definition) is 14. The third-order valence-corrected chi connectivity index (χ3v) is 7.00. The maximum atomic E-state index is 8.49. The van der Waals surface area contributed by atoms with Crippen LogP contribution in [0.1, 0.15) is 48.5 Å². The molecule has 0 N–H and O–H groups in total. The van der Waals surface area contributed by atoms with Crippen LogP contribution < -0.4 is 37.3 Å². The van der Waals surface area contributed by atoms with E-state index in [1.54, 1.807) is 0 Å². The van der Waals surface area contributed by atoms with Crippen molar-refractivity contribution in [1.29, 1.82) is 0 Å². The van der Waals surface area contributed by atoms with Crippen LogP contribution >= 0.6 is 0 Å². The predicted molar refractivity (Wildman–Crippen MR) is 141 cm³/mol. The summed E-state index contributed by atoms with van der Waals surface area (Å²) in [6.07, 6.45) is 12.4. The van der Waals surface area contributed by atoms with Crippen molar-refractivity contribution in [3.8, 4) is 0 Å². The van der Waals surface area contributed by atoms with Gasteiger partial charge in [-0.1, -0.05) is 37.1 Å². The van der Waals surface area contributed by atoms with Crippen molar-refractivity contribution in [2.24, 2.45) is 0 Å². The molecule has 0 spiro atoms. The Bertz CT molecular complexity index is 1180. The summed E-state index contributed by atoms with van der Waals surface area (Å²) in [5, 5.41) is 0. The van der Waals surface area contributed by atoms with E-state index in [2.05, 4.69) is 78.3 Å². The molecule has 0 bridgehead atoms. The van der Waals surface area contributed by atoms with Gasteiger partial charge in [0.1, 0.15) is 0 Å². The molecule has 0 unspecified atom stereocenters. The molecule has 1 aliphatic rings. The molecule has 47 heavy (non-hydrogen) atoms. The molecular formula is C30H34Cl2MnN6O8. The molecule has 0 saturated heterocycles. The molecule has 17 heteroatoms. The SMILES string of the molecule is [Mn+2].[O-][Cl+3]([O-])([O-])[O-].[O-][Cl+3]([O-])([O-])[O-].c1ccc(CN(Cc2ccccn2)[C@@H]2CCCC[C@H]2N(Cc2ccccn2)Cc2ccccn2)nc1. The molecule has 4 aromatic rings. The maximum absolute atomic E-state index is 8.49. The van der Waals surface area contributed by atoms with Gasteiger partial charge in [-0.3, -0.25) is 29.7 Å². The van der Waals surface area contributed by atoms with E-state index < -0.39 is 20.5 Å². The summed E-state index contributed by atoms with van der Waals surface area (Å²) in [6.45, 7) is 3.22. The first-order valence-electron chi connectivity index (χ1n) is 14.2. The van der Waals surface area contributed by atoms with Crippen LogP contribution in [0.4, 0.5) is 0 Å². The second-order valence-corrected chi connectivity index (χ2v) is 11.8. The van der Waals surface area contributed by atoms with Crippen molar-refractivity contribution >= 4 is 0 Å². The second-order valence-electron chi connectivity index (χ2n) is 10.3. The number of hydrogen-bond donors (Lipinski definition) is 0. The van der Waals surface area contributed by atoms with Gasteiger partial charge in [-0.2, -0.15) is 0 Å². The van der Waals surface area contributed by atoms with Gasteiger partial charge in [-0.15, -0.1) is 20.5 Å². The molecule has 1 aliphatic carbocycles. The van der Waals surface area contributed by atoms with E-state index in [4.69, 9.17) is 37.3 Å². The molecule has 5 rings (SSSR count). The zero-order chi connectivity index (χ0) is 33.4. The average Bonchev–Trinajstić information content (AvgIpc) is 3.01. The van der Waals surface area contributed by atoms with Gasteiger partial charge in [0, 0.05) is 63.1 Å². The number of pyridine rings is 4. The number of nitrogens with zero attached hydrogens (tertiary/aromatic N) is 6. The van der Waals surface area contributed by atoms with Gasteiger partial charge in [0.2, 0.25) is 0 Å². The molecule has 0 aromatic carbocycles. The van der Waals surface area contributed by atoms with Crippen LogP contribution in [0, 0.1) is 20.5 Å². The molecule has 253 valence electrons. The summed E-state index contributed by atoms with van der Waals surface area (Å²) in [6, 6.07) is 25.5. The van der Waals surface area contributed by atoms with E-state index in [1.807, 2.05) is 49.1 Å². The van der Waals surface area contributed by atoms with Crippen LogP contribution in [0.2, 0.25) is 0 Å². The Labute approximate surface area is 288 Å². The normalized spacial score (nSPS) is 16.3. The van der Waals surface area contributed by atoms with Gasteiger partial charge in [0.05, 0.1) is 22.8 Å². The third-order valence-electron chi connectivity index (χ3n) is 7.00. The fourth-order valence-electron chi connectivity index (χ4n) is 5.32. The first-order chi connectivity index (χ1) is 21.8. The minimum atomic E-state index is -4.94. The summed E-state index contributed by atoms with van der Waals surface area (Å²) >= 11 is 0. The minimum absolute atomic E-state index is 0. The quantitative estimate of drug-likeness (QED) is 0.140. The van der Waals surface area contributed by atoms with E-state index in [0.717, 1.165) is 61.8 Å². The number of rotatable bonds is 10. The smallest absolute Gasteiger partial charge is 0.287 e. The van der Waals surface area contributed by atoms with Crippen LogP contribution in [0.5, 0.6) is 0 Å². The van der Waals surface area contributed by atoms with Crippen LogP contribution in [0.15, 0.2) is 97.6 Å². The van der Waals surface area contributed by atoms with Crippen LogP contribution in [-0.2, 0) is 43.2 Å². The van der Waals surface area contributed by atoms with E-state index in [0.29, 0.717) is 12.1 Å². The first kappa shape index (κ1) is 40.5. The molecule has 14 nitrogen and oxygen atoms in total. The van der Waals surface area contributed by atoms with Gasteiger partial charge in [0.15, 0.2) is 0 Å². The molecule has 4 heterocycles. The first-order valence-corrected chi connectivity index (χ1v) is 16.6. The minimum Gasteiger partial charge on any atom is -0.287 e. The predicted octanol–water partition coefficient (Wildman–Crippen LogP) is -4.23. The van der Waals surface area contributed by atoms with Crippen molar-refractivity contribution in [2.45, 2.75) is 63.9 Å². The van der Waals surface area contributed by atoms with Crippen molar-refractivity contribution in [1.82, 2.24) is 29.7 Å². The van der Waals surface area contributed by atoms with E-state index in [9.17, 15) is 0 Å². The van der Waals surface area contributed by atoms with Crippen molar-refractivity contribution < 1.29 is 74.8 Å². The van der Waals surface area contributed by atoms with Crippen LogP contribution in [0.25, 0.3) is 0 Å². The van der Waals surface area contributed by atoms with Crippen molar-refractivity contribution in [3.63, 3.8) is 0 Å². The Morgan fingerprint density at radius 1 is 0.468 bits per heavy atom. The summed E-state index contributed by atoms with van der Waals surface area (Å²) in [5.74, 6) is 0. The Morgan fingerprint density at radius 2 is 0.702 bits per heavy atom. The second kappa shape index (κ2) is 20.6. The average molecular weight is 732 g/mol. The van der Waals surface area contributed by atoms with Gasteiger partial charge >= 0.3 is 17.1 Å². The summed E-state index contributed by atoms with van der Waals surface area (Å²) in [4.78, 5) is 23.8. The van der Waals surface area contributed by atoms with E-state index >= 15 is 0 Å². The van der Waals surface area contributed by atoms with E-state index in [1.165, 1.54) is 12.8 Å². The standard InChI is InChI=1S/C30H34N6.2ClHO4.Mn/c1-2-16-30(36(23-27-13-5-9-19-33-27)24-28-14-6-10-20-34-28)29(15-1)35(21-25-11-3-7-17-31-25)22-26-12-4-8-18-32-26;2*2-1(3,4)5;/h3-14,17-20,29-30H,1-2,15-16,21-24H2;2*(H,2,3,4,5);/q;;;+2/p-2/t29-,30-;;;/m1.../s1. The third kappa shape index (κ3) is 17.9. The zero-order valence-electron chi connectivity index (χ0n) is 25.1. The fourth-order valence-corrected chi connectivity index (χ4v) is 5.32. The summed E-state index contributed by atoms with van der Waals surface area (Å²) in [7, 11) is -9.89. The zero-order valence-corrected chi connectivity index (χ0v) is 27.8. The van der Waals surface area contributed by atoms with Crippen LogP contribution in [0.3, 0.4) is 0 Å². The number of aromatic nitrogens is 4. The molecule has 2 atom stereocenters. The Hall–Kier alpha value is -2.70. The molecule has 4 aromatic heterocycles. The van der Waals surface area contributed by atoms with Crippen molar-refractivity contribution in [3.05, 3.63) is 120 Å². The Balaban J connectivity index is 0.000000612. The van der Waals surface area contributed by atoms with Gasteiger partial charge < -0.3 is 0 Å². The largest absolute Gasteiger partial charge is 2.00 e.